The molecule has 0 aliphatic carbocycles. The Morgan fingerprint density at radius 2 is 1.06 bits per heavy atom. The van der Waals surface area contributed by atoms with Crippen molar-refractivity contribution >= 4 is 0 Å². The predicted molar refractivity (Wildman–Crippen MR) is 81.0 cm³/mol. The Morgan fingerprint density at radius 3 is 1.56 bits per heavy atom. The average Bonchev–Trinajstić information content (AvgIpc) is 2.39. The third-order valence-corrected chi connectivity index (χ3v) is 3.39. The Balaban J connectivity index is 2.86. The van der Waals surface area contributed by atoms with Gasteiger partial charge in [-0.1, -0.05) is 64.7 Å². The standard InChI is InChI=1S/C16H35NO/c1-2-3-15-18-16-13-11-9-7-5-4-6-8-10-12-14-17/h2-17H2,1H3. The molecule has 0 heterocycles. The maximum absolute atomic E-state index is 5.55. The molecule has 0 bridgehead atoms. The van der Waals surface area contributed by atoms with E-state index in [0.29, 0.717) is 0 Å². The fourth-order valence-corrected chi connectivity index (χ4v) is 2.11. The second kappa shape index (κ2) is 16.9. The summed E-state index contributed by atoms with van der Waals surface area (Å²) in [5.74, 6) is 0. The van der Waals surface area contributed by atoms with Gasteiger partial charge in [-0.05, 0) is 25.8 Å². The van der Waals surface area contributed by atoms with Gasteiger partial charge in [0.25, 0.3) is 0 Å². The summed E-state index contributed by atoms with van der Waals surface area (Å²) in [5.41, 5.74) is 5.47. The van der Waals surface area contributed by atoms with Crippen LogP contribution in [0.25, 0.3) is 0 Å². The van der Waals surface area contributed by atoms with E-state index >= 15 is 0 Å². The second-order valence-corrected chi connectivity index (χ2v) is 5.29. The first-order valence-corrected chi connectivity index (χ1v) is 8.19. The second-order valence-electron chi connectivity index (χ2n) is 5.29. The van der Waals surface area contributed by atoms with Crippen molar-refractivity contribution < 1.29 is 4.74 Å². The Labute approximate surface area is 115 Å². The zero-order chi connectivity index (χ0) is 13.3. The Hall–Kier alpha value is -0.0800. The lowest BCUT2D eigenvalue weighted by Gasteiger charge is -2.04. The lowest BCUT2D eigenvalue weighted by Crippen LogP contribution is -1.97. The van der Waals surface area contributed by atoms with Crippen molar-refractivity contribution in [2.24, 2.45) is 5.73 Å². The minimum Gasteiger partial charge on any atom is -0.381 e. The van der Waals surface area contributed by atoms with Crippen LogP contribution in [0.4, 0.5) is 0 Å². The maximum atomic E-state index is 5.55. The van der Waals surface area contributed by atoms with Crippen LogP contribution in [-0.4, -0.2) is 19.8 Å². The van der Waals surface area contributed by atoms with Gasteiger partial charge in [-0.2, -0.15) is 0 Å². The molecule has 0 aliphatic rings. The van der Waals surface area contributed by atoms with Crippen LogP contribution >= 0.6 is 0 Å². The van der Waals surface area contributed by atoms with Crippen LogP contribution in [0.1, 0.15) is 84.0 Å². The average molecular weight is 257 g/mol. The van der Waals surface area contributed by atoms with E-state index in [1.807, 2.05) is 0 Å². The summed E-state index contributed by atoms with van der Waals surface area (Å²) in [5, 5.41) is 0. The van der Waals surface area contributed by atoms with E-state index in [4.69, 9.17) is 10.5 Å². The third kappa shape index (κ3) is 15.9. The van der Waals surface area contributed by atoms with Gasteiger partial charge in [0.15, 0.2) is 0 Å². The van der Waals surface area contributed by atoms with Crippen LogP contribution in [0.3, 0.4) is 0 Å². The Kier molecular flexibility index (Phi) is 16.8. The van der Waals surface area contributed by atoms with E-state index in [0.717, 1.165) is 19.8 Å². The molecule has 0 spiro atoms. The molecule has 0 saturated heterocycles. The summed E-state index contributed by atoms with van der Waals surface area (Å²) in [6, 6.07) is 0. The quantitative estimate of drug-likeness (QED) is 0.433. The first kappa shape index (κ1) is 17.9. The molecule has 0 fully saturated rings. The van der Waals surface area contributed by atoms with Crippen LogP contribution in [0.2, 0.25) is 0 Å². The number of unbranched alkanes of at least 4 members (excludes halogenated alkanes) is 10. The zero-order valence-corrected chi connectivity index (χ0v) is 12.6. The minimum absolute atomic E-state index is 0.861. The number of rotatable bonds is 15. The zero-order valence-electron chi connectivity index (χ0n) is 12.6. The molecule has 0 amide bonds. The molecule has 0 atom stereocenters. The highest BCUT2D eigenvalue weighted by Gasteiger charge is 1.93. The molecular weight excluding hydrogens is 222 g/mol. The van der Waals surface area contributed by atoms with Crippen LogP contribution in [0.15, 0.2) is 0 Å². The number of nitrogens with two attached hydrogens (primary N) is 1. The maximum Gasteiger partial charge on any atom is 0.0466 e. The molecule has 110 valence electrons. The summed E-state index contributed by atoms with van der Waals surface area (Å²) in [6.45, 7) is 5.00. The molecular formula is C16H35NO. The van der Waals surface area contributed by atoms with Gasteiger partial charge >= 0.3 is 0 Å². The van der Waals surface area contributed by atoms with Crippen molar-refractivity contribution in [2.75, 3.05) is 19.8 Å². The van der Waals surface area contributed by atoms with Gasteiger partial charge in [0, 0.05) is 13.2 Å². The molecule has 0 aromatic rings. The van der Waals surface area contributed by atoms with E-state index in [1.54, 1.807) is 0 Å². The molecule has 0 rings (SSSR count). The summed E-state index contributed by atoms with van der Waals surface area (Å²) < 4.78 is 5.55. The normalized spacial score (nSPS) is 11.0. The van der Waals surface area contributed by atoms with Crippen LogP contribution in [0, 0.1) is 0 Å². The van der Waals surface area contributed by atoms with Gasteiger partial charge in [-0.3, -0.25) is 0 Å². The number of hydrogen-bond donors (Lipinski definition) is 1. The molecule has 2 nitrogen and oxygen atoms in total. The van der Waals surface area contributed by atoms with Crippen LogP contribution in [-0.2, 0) is 4.74 Å². The highest BCUT2D eigenvalue weighted by molar-refractivity contribution is 4.48. The van der Waals surface area contributed by atoms with E-state index in [9.17, 15) is 0 Å². The Morgan fingerprint density at radius 1 is 0.611 bits per heavy atom. The molecule has 0 aliphatic heterocycles. The van der Waals surface area contributed by atoms with Crippen molar-refractivity contribution in [3.63, 3.8) is 0 Å². The molecule has 0 aromatic heterocycles. The number of ether oxygens (including phenoxy) is 1. The fourth-order valence-electron chi connectivity index (χ4n) is 2.11. The van der Waals surface area contributed by atoms with Crippen molar-refractivity contribution in [3.8, 4) is 0 Å². The van der Waals surface area contributed by atoms with Crippen molar-refractivity contribution in [1.29, 1.82) is 0 Å². The molecule has 0 radical (unpaired) electrons. The Bertz CT molecular complexity index is 123. The van der Waals surface area contributed by atoms with E-state index in [-0.39, 0.29) is 0 Å². The van der Waals surface area contributed by atoms with Gasteiger partial charge in [0.1, 0.15) is 0 Å². The highest BCUT2D eigenvalue weighted by atomic mass is 16.5. The third-order valence-electron chi connectivity index (χ3n) is 3.39. The molecule has 2 heteroatoms. The van der Waals surface area contributed by atoms with Gasteiger partial charge in [-0.15, -0.1) is 0 Å². The van der Waals surface area contributed by atoms with Gasteiger partial charge in [0.05, 0.1) is 0 Å². The van der Waals surface area contributed by atoms with Gasteiger partial charge in [0.2, 0.25) is 0 Å². The van der Waals surface area contributed by atoms with Crippen LogP contribution < -0.4 is 5.73 Å². The SMILES string of the molecule is CCCCOCCCCCCCCCCCCN. The lowest BCUT2D eigenvalue weighted by molar-refractivity contribution is 0.127. The van der Waals surface area contributed by atoms with E-state index < -0.39 is 0 Å². The topological polar surface area (TPSA) is 35.2 Å². The predicted octanol–water partition coefficient (Wildman–Crippen LogP) is 4.66. The summed E-state index contributed by atoms with van der Waals surface area (Å²) >= 11 is 0. The minimum atomic E-state index is 0.861. The van der Waals surface area contributed by atoms with Gasteiger partial charge < -0.3 is 10.5 Å². The molecule has 18 heavy (non-hydrogen) atoms. The van der Waals surface area contributed by atoms with Crippen molar-refractivity contribution in [1.82, 2.24) is 0 Å². The largest absolute Gasteiger partial charge is 0.381 e. The monoisotopic (exact) mass is 257 g/mol. The first-order chi connectivity index (χ1) is 8.91. The molecule has 0 saturated carbocycles. The first-order valence-electron chi connectivity index (χ1n) is 8.19. The molecule has 2 N–H and O–H groups in total. The summed E-state index contributed by atoms with van der Waals surface area (Å²) in [7, 11) is 0. The van der Waals surface area contributed by atoms with Gasteiger partial charge in [-0.25, -0.2) is 0 Å². The van der Waals surface area contributed by atoms with Crippen molar-refractivity contribution in [3.05, 3.63) is 0 Å². The van der Waals surface area contributed by atoms with Crippen molar-refractivity contribution in [2.45, 2.75) is 84.0 Å². The summed E-state index contributed by atoms with van der Waals surface area (Å²) in [4.78, 5) is 0. The number of hydrogen-bond acceptors (Lipinski definition) is 2. The highest BCUT2D eigenvalue weighted by Crippen LogP contribution is 2.10. The molecule has 0 aromatic carbocycles. The summed E-state index contributed by atoms with van der Waals surface area (Å²) in [6.07, 6.45) is 16.0. The van der Waals surface area contributed by atoms with E-state index in [1.165, 1.54) is 77.0 Å². The lowest BCUT2D eigenvalue weighted by atomic mass is 10.1. The van der Waals surface area contributed by atoms with Crippen LogP contribution in [0.5, 0.6) is 0 Å². The van der Waals surface area contributed by atoms with E-state index in [2.05, 4.69) is 6.92 Å². The molecule has 0 unspecified atom stereocenters. The fraction of sp³-hybridized carbons (Fsp3) is 1.00. The smallest absolute Gasteiger partial charge is 0.0466 e.